The molecule has 5 rings (SSSR count). The Hall–Kier alpha value is -3.16. The fourth-order valence-electron chi connectivity index (χ4n) is 5.34. The van der Waals surface area contributed by atoms with Crippen molar-refractivity contribution in [3.8, 4) is 10.4 Å². The number of carbonyl (C=O) groups is 1. The van der Waals surface area contributed by atoms with Gasteiger partial charge in [0.05, 0.1) is 12.1 Å². The summed E-state index contributed by atoms with van der Waals surface area (Å²) in [7, 11) is 0. The van der Waals surface area contributed by atoms with Crippen LogP contribution in [-0.2, 0) is 16.0 Å². The van der Waals surface area contributed by atoms with E-state index in [4.69, 9.17) is 16.3 Å². The van der Waals surface area contributed by atoms with Crippen LogP contribution in [0.3, 0.4) is 0 Å². The first-order valence-electron chi connectivity index (χ1n) is 13.2. The Kier molecular flexibility index (Phi) is 7.63. The van der Waals surface area contributed by atoms with Gasteiger partial charge in [-0.2, -0.15) is 5.10 Å². The summed E-state index contributed by atoms with van der Waals surface area (Å²) in [5.41, 5.74) is 10.5. The van der Waals surface area contributed by atoms with Crippen LogP contribution in [0, 0.1) is 0 Å². The van der Waals surface area contributed by atoms with Gasteiger partial charge < -0.3 is 21.2 Å². The fourth-order valence-corrected chi connectivity index (χ4v) is 6.61. The highest BCUT2D eigenvalue weighted by Gasteiger charge is 2.41. The maximum atomic E-state index is 13.7. The Morgan fingerprint density at radius 2 is 1.84 bits per heavy atom. The lowest BCUT2D eigenvalue weighted by molar-refractivity contribution is -0.154. The van der Waals surface area contributed by atoms with E-state index in [1.165, 1.54) is 16.0 Å². The normalized spacial score (nSPS) is 21.0. The van der Waals surface area contributed by atoms with Crippen molar-refractivity contribution < 1.29 is 9.53 Å². The van der Waals surface area contributed by atoms with Crippen LogP contribution in [-0.4, -0.2) is 34.9 Å². The van der Waals surface area contributed by atoms with Crippen molar-refractivity contribution in [2.24, 2.45) is 16.7 Å². The molecule has 2 aliphatic rings. The van der Waals surface area contributed by atoms with Crippen LogP contribution in [0.15, 0.2) is 65.8 Å². The molecule has 37 heavy (non-hydrogen) atoms. The first-order valence-corrected chi connectivity index (χ1v) is 14.0. The summed E-state index contributed by atoms with van der Waals surface area (Å²) in [6.45, 7) is 4.23. The monoisotopic (exact) mass is 516 g/mol. The van der Waals surface area contributed by atoms with Crippen molar-refractivity contribution in [2.45, 2.75) is 76.7 Å². The second-order valence-corrected chi connectivity index (χ2v) is 11.3. The summed E-state index contributed by atoms with van der Waals surface area (Å²) in [6.07, 6.45) is 5.56. The zero-order chi connectivity index (χ0) is 25.9. The Morgan fingerprint density at radius 3 is 2.54 bits per heavy atom. The molecule has 2 heterocycles. The number of rotatable bonds is 8. The molecule has 0 radical (unpaired) electrons. The van der Waals surface area contributed by atoms with Crippen LogP contribution in [0.5, 0.6) is 0 Å². The summed E-state index contributed by atoms with van der Waals surface area (Å²) in [5.74, 6) is 6.02. The molecule has 1 saturated heterocycles. The minimum Gasteiger partial charge on any atom is -0.382 e. The third-order valence-corrected chi connectivity index (χ3v) is 8.81. The smallest absolute Gasteiger partial charge is 0.252 e. The molecule has 7 heteroatoms. The highest BCUT2D eigenvalue weighted by molar-refractivity contribution is 7.15. The molecule has 194 valence electrons. The van der Waals surface area contributed by atoms with Crippen LogP contribution >= 0.6 is 11.3 Å². The highest BCUT2D eigenvalue weighted by atomic mass is 32.1. The van der Waals surface area contributed by atoms with Crippen molar-refractivity contribution in [3.63, 3.8) is 0 Å². The van der Waals surface area contributed by atoms with Crippen molar-refractivity contribution >= 4 is 23.1 Å². The Bertz CT molecular complexity index is 1270. The molecular weight excluding hydrogens is 480 g/mol. The molecule has 2 aromatic carbocycles. The van der Waals surface area contributed by atoms with Gasteiger partial charge in [0.1, 0.15) is 6.10 Å². The average molecular weight is 517 g/mol. The number of hydrogen-bond donors (Lipinski definition) is 2. The molecule has 2 fully saturated rings. The van der Waals surface area contributed by atoms with E-state index in [1.54, 1.807) is 11.3 Å². The minimum absolute atomic E-state index is 0.0400. The van der Waals surface area contributed by atoms with E-state index >= 15 is 0 Å². The number of carbonyl (C=O) groups excluding carboxylic acids is 1. The molecule has 1 aliphatic heterocycles. The van der Waals surface area contributed by atoms with E-state index in [1.807, 2.05) is 24.3 Å². The average Bonchev–Trinajstić information content (AvgIpc) is 3.67. The first-order chi connectivity index (χ1) is 18.0. The number of nitrogens with two attached hydrogens (primary N) is 2. The van der Waals surface area contributed by atoms with Crippen LogP contribution in [0.4, 0.5) is 0 Å². The fraction of sp³-hybridized carbons (Fsp3) is 0.400. The van der Waals surface area contributed by atoms with Crippen LogP contribution < -0.4 is 11.6 Å². The number of benzene rings is 2. The van der Waals surface area contributed by atoms with E-state index in [0.29, 0.717) is 11.9 Å². The quantitative estimate of drug-likeness (QED) is 0.176. The third kappa shape index (κ3) is 5.58. The predicted molar refractivity (Wildman–Crippen MR) is 150 cm³/mol. The van der Waals surface area contributed by atoms with Crippen molar-refractivity contribution in [1.82, 2.24) is 4.90 Å². The number of hydrazone groups is 1. The standard InChI is InChI=1S/C30H36N4O2S/c1-19-9-8-14-26(36-19)30(35)34(23-15-16-23)20(2)27-18-22(17-21-10-4-3-5-11-21)28(37-27)24-12-6-7-13-25(24)29(31)33-32/h3-7,10-13,18-20,23,26H,8-9,14-17,32H2,1-2H3,(H2,31,33)/t19-,20-,26-/m1/s1. The SMILES string of the molecule is C[C@@H]1CCC[C@H](C(=O)N(C2CC2)[C@H](C)c2cc(Cc3ccccc3)c(-c3ccccc3/C(N)=N/N)s2)O1. The topological polar surface area (TPSA) is 93.9 Å². The molecule has 0 spiro atoms. The largest absolute Gasteiger partial charge is 0.382 e. The van der Waals surface area contributed by atoms with Gasteiger partial charge >= 0.3 is 0 Å². The summed E-state index contributed by atoms with van der Waals surface area (Å²) in [5, 5.41) is 3.77. The maximum absolute atomic E-state index is 13.7. The second kappa shape index (κ2) is 11.1. The first kappa shape index (κ1) is 25.5. The van der Waals surface area contributed by atoms with Crippen molar-refractivity contribution in [3.05, 3.63) is 82.2 Å². The van der Waals surface area contributed by atoms with Crippen molar-refractivity contribution in [1.29, 1.82) is 0 Å². The summed E-state index contributed by atoms with van der Waals surface area (Å²) < 4.78 is 6.10. The molecule has 4 N–H and O–H groups in total. The number of thiophene rings is 1. The van der Waals surface area contributed by atoms with Gasteiger partial charge in [-0.05, 0) is 69.6 Å². The predicted octanol–water partition coefficient (Wildman–Crippen LogP) is 5.59. The molecule has 6 nitrogen and oxygen atoms in total. The number of hydrogen-bond acceptors (Lipinski definition) is 5. The zero-order valence-corrected chi connectivity index (χ0v) is 22.4. The van der Waals surface area contributed by atoms with Gasteiger partial charge in [0, 0.05) is 26.9 Å². The summed E-state index contributed by atoms with van der Waals surface area (Å²) >= 11 is 1.73. The lowest BCUT2D eigenvalue weighted by Gasteiger charge is -2.35. The van der Waals surface area contributed by atoms with Gasteiger partial charge in [-0.3, -0.25) is 4.79 Å². The number of amides is 1. The Morgan fingerprint density at radius 1 is 1.11 bits per heavy atom. The molecule has 1 aliphatic carbocycles. The summed E-state index contributed by atoms with van der Waals surface area (Å²) in [6, 6.07) is 21.0. The molecule has 1 amide bonds. The van der Waals surface area contributed by atoms with Gasteiger partial charge in [-0.15, -0.1) is 11.3 Å². The zero-order valence-electron chi connectivity index (χ0n) is 21.6. The van der Waals surface area contributed by atoms with E-state index in [0.717, 1.165) is 54.5 Å². The molecule has 1 aromatic heterocycles. The van der Waals surface area contributed by atoms with Crippen LogP contribution in [0.25, 0.3) is 10.4 Å². The van der Waals surface area contributed by atoms with Gasteiger partial charge in [0.15, 0.2) is 5.84 Å². The van der Waals surface area contributed by atoms with Gasteiger partial charge in [0.25, 0.3) is 5.91 Å². The van der Waals surface area contributed by atoms with E-state index < -0.39 is 0 Å². The Labute approximate surface area is 223 Å². The lowest BCUT2D eigenvalue weighted by Crippen LogP contribution is -2.45. The number of ether oxygens (including phenoxy) is 1. The van der Waals surface area contributed by atoms with Gasteiger partial charge in [-0.25, -0.2) is 0 Å². The van der Waals surface area contributed by atoms with Gasteiger partial charge in [-0.1, -0.05) is 54.6 Å². The van der Waals surface area contributed by atoms with Gasteiger partial charge in [0.2, 0.25) is 0 Å². The maximum Gasteiger partial charge on any atom is 0.252 e. The second-order valence-electron chi connectivity index (χ2n) is 10.2. The van der Waals surface area contributed by atoms with E-state index in [-0.39, 0.29) is 24.2 Å². The molecule has 0 unspecified atom stereocenters. The molecule has 3 atom stereocenters. The highest BCUT2D eigenvalue weighted by Crippen LogP contribution is 2.43. The molecule has 1 saturated carbocycles. The Balaban J connectivity index is 1.53. The third-order valence-electron chi connectivity index (χ3n) is 7.42. The van der Waals surface area contributed by atoms with Crippen molar-refractivity contribution in [2.75, 3.05) is 0 Å². The van der Waals surface area contributed by atoms with E-state index in [9.17, 15) is 4.79 Å². The number of amidine groups is 1. The minimum atomic E-state index is -0.337. The molecule has 0 bridgehead atoms. The molecular formula is C30H36N4O2S. The number of nitrogens with zero attached hydrogens (tertiary/aromatic N) is 2. The summed E-state index contributed by atoms with van der Waals surface area (Å²) in [4.78, 5) is 18.1. The van der Waals surface area contributed by atoms with E-state index in [2.05, 4.69) is 60.2 Å². The van der Waals surface area contributed by atoms with Crippen LogP contribution in [0.1, 0.15) is 73.6 Å². The lowest BCUT2D eigenvalue weighted by atomic mass is 9.98. The molecule has 3 aromatic rings. The van der Waals surface area contributed by atoms with Crippen LogP contribution in [0.2, 0.25) is 0 Å².